The van der Waals surface area contributed by atoms with Gasteiger partial charge in [-0.2, -0.15) is 5.10 Å². The summed E-state index contributed by atoms with van der Waals surface area (Å²) in [5, 5.41) is 4.19. The minimum Gasteiger partial charge on any atom is -0.497 e. The fraction of sp³-hybridized carbons (Fsp3) is 0.235. The number of aromatic nitrogens is 2. The zero-order chi connectivity index (χ0) is 17.5. The molecule has 2 rings (SSSR count). The maximum absolute atomic E-state index is 11.8. The van der Waals surface area contributed by atoms with Gasteiger partial charge in [-0.05, 0) is 43.7 Å². The average molecular weight is 328 g/mol. The zero-order valence-electron chi connectivity index (χ0n) is 13.9. The van der Waals surface area contributed by atoms with Crippen LogP contribution in [0.2, 0.25) is 0 Å². The standard InChI is InChI=1S/C17H20N4O3/c1-12-9-13(2)21(20-12)11-17(23)19-18-16(22)8-7-14-5-4-6-15(10-14)24-3/h4-10H,11H2,1-3H3,(H,18,22)(H,19,23)/b8-7+. The first-order valence-corrected chi connectivity index (χ1v) is 7.40. The summed E-state index contributed by atoms with van der Waals surface area (Å²) in [6.45, 7) is 3.76. The van der Waals surface area contributed by atoms with Gasteiger partial charge in [0.15, 0.2) is 0 Å². The minimum atomic E-state index is -0.431. The summed E-state index contributed by atoms with van der Waals surface area (Å²) in [5.74, 6) is -0.0837. The highest BCUT2D eigenvalue weighted by molar-refractivity contribution is 5.93. The first-order chi connectivity index (χ1) is 11.5. The van der Waals surface area contributed by atoms with E-state index in [-0.39, 0.29) is 12.5 Å². The van der Waals surface area contributed by atoms with Crippen molar-refractivity contribution in [3.63, 3.8) is 0 Å². The van der Waals surface area contributed by atoms with E-state index in [1.165, 1.54) is 6.08 Å². The molecule has 0 aliphatic carbocycles. The van der Waals surface area contributed by atoms with Crippen molar-refractivity contribution in [3.8, 4) is 5.75 Å². The predicted molar refractivity (Wildman–Crippen MR) is 90.0 cm³/mol. The first-order valence-electron chi connectivity index (χ1n) is 7.40. The number of hydrazine groups is 1. The van der Waals surface area contributed by atoms with Gasteiger partial charge in [-0.1, -0.05) is 12.1 Å². The normalized spacial score (nSPS) is 10.6. The monoisotopic (exact) mass is 328 g/mol. The molecule has 7 nitrogen and oxygen atoms in total. The number of nitrogens with one attached hydrogen (secondary N) is 2. The van der Waals surface area contributed by atoms with Gasteiger partial charge in [-0.3, -0.25) is 25.1 Å². The number of hydrogen-bond donors (Lipinski definition) is 2. The van der Waals surface area contributed by atoms with Crippen LogP contribution in [-0.2, 0) is 16.1 Å². The molecule has 0 aliphatic rings. The van der Waals surface area contributed by atoms with Gasteiger partial charge >= 0.3 is 0 Å². The van der Waals surface area contributed by atoms with Crippen molar-refractivity contribution in [1.29, 1.82) is 0 Å². The third kappa shape index (κ3) is 4.98. The van der Waals surface area contributed by atoms with Gasteiger partial charge in [-0.25, -0.2) is 0 Å². The molecule has 24 heavy (non-hydrogen) atoms. The number of ether oxygens (including phenoxy) is 1. The number of carbonyl (C=O) groups excluding carboxylic acids is 2. The molecule has 0 spiro atoms. The topological polar surface area (TPSA) is 85.3 Å². The number of hydrogen-bond acceptors (Lipinski definition) is 4. The van der Waals surface area contributed by atoms with E-state index in [2.05, 4.69) is 16.0 Å². The summed E-state index contributed by atoms with van der Waals surface area (Å²) in [7, 11) is 1.58. The summed E-state index contributed by atoms with van der Waals surface area (Å²) in [6, 6.07) is 9.16. The Morgan fingerprint density at radius 1 is 1.25 bits per heavy atom. The van der Waals surface area contributed by atoms with Gasteiger partial charge in [-0.15, -0.1) is 0 Å². The average Bonchev–Trinajstić information content (AvgIpc) is 2.88. The van der Waals surface area contributed by atoms with Crippen LogP contribution in [0.5, 0.6) is 5.75 Å². The summed E-state index contributed by atoms with van der Waals surface area (Å²) >= 11 is 0. The van der Waals surface area contributed by atoms with Crippen LogP contribution in [-0.4, -0.2) is 28.7 Å². The fourth-order valence-corrected chi connectivity index (χ4v) is 2.10. The number of rotatable bonds is 5. The molecule has 1 aromatic heterocycles. The maximum Gasteiger partial charge on any atom is 0.262 e. The van der Waals surface area contributed by atoms with E-state index < -0.39 is 5.91 Å². The lowest BCUT2D eigenvalue weighted by Crippen LogP contribution is -2.42. The zero-order valence-corrected chi connectivity index (χ0v) is 13.9. The van der Waals surface area contributed by atoms with Gasteiger partial charge in [0, 0.05) is 11.8 Å². The van der Waals surface area contributed by atoms with E-state index in [4.69, 9.17) is 4.74 Å². The Balaban J connectivity index is 1.83. The molecule has 0 unspecified atom stereocenters. The van der Waals surface area contributed by atoms with Gasteiger partial charge in [0.05, 0.1) is 12.8 Å². The van der Waals surface area contributed by atoms with Crippen LogP contribution in [0.1, 0.15) is 17.0 Å². The Morgan fingerprint density at radius 2 is 2.04 bits per heavy atom. The first kappa shape index (κ1) is 17.3. The molecule has 0 aliphatic heterocycles. The largest absolute Gasteiger partial charge is 0.497 e. The summed E-state index contributed by atoms with van der Waals surface area (Å²) in [6.07, 6.45) is 2.96. The lowest BCUT2D eigenvalue weighted by Gasteiger charge is -2.06. The maximum atomic E-state index is 11.8. The molecule has 1 aromatic carbocycles. The van der Waals surface area contributed by atoms with Crippen LogP contribution >= 0.6 is 0 Å². The van der Waals surface area contributed by atoms with Crippen molar-refractivity contribution in [2.75, 3.05) is 7.11 Å². The molecular formula is C17H20N4O3. The van der Waals surface area contributed by atoms with Crippen molar-refractivity contribution < 1.29 is 14.3 Å². The molecule has 7 heteroatoms. The van der Waals surface area contributed by atoms with E-state index in [9.17, 15) is 9.59 Å². The second kappa shape index (κ2) is 7.96. The third-order valence-corrected chi connectivity index (χ3v) is 3.24. The van der Waals surface area contributed by atoms with Gasteiger partial charge in [0.25, 0.3) is 11.8 Å². The molecule has 0 saturated carbocycles. The Labute approximate surface area is 140 Å². The summed E-state index contributed by atoms with van der Waals surface area (Å²) < 4.78 is 6.68. The van der Waals surface area contributed by atoms with Crippen molar-refractivity contribution in [2.24, 2.45) is 0 Å². The molecule has 0 bridgehead atoms. The van der Waals surface area contributed by atoms with Gasteiger partial charge in [0.1, 0.15) is 12.3 Å². The van der Waals surface area contributed by atoms with Crippen molar-refractivity contribution in [2.45, 2.75) is 20.4 Å². The van der Waals surface area contributed by atoms with Crippen LogP contribution in [0, 0.1) is 13.8 Å². The van der Waals surface area contributed by atoms with Crippen molar-refractivity contribution >= 4 is 17.9 Å². The Bertz CT molecular complexity index is 765. The van der Waals surface area contributed by atoms with E-state index in [1.54, 1.807) is 23.9 Å². The summed E-state index contributed by atoms with van der Waals surface area (Å²) in [4.78, 5) is 23.5. The van der Waals surface area contributed by atoms with Crippen LogP contribution in [0.15, 0.2) is 36.4 Å². The fourth-order valence-electron chi connectivity index (χ4n) is 2.10. The number of methoxy groups -OCH3 is 1. The van der Waals surface area contributed by atoms with Crippen molar-refractivity contribution in [1.82, 2.24) is 20.6 Å². The van der Waals surface area contributed by atoms with E-state index in [0.717, 1.165) is 17.0 Å². The number of aryl methyl sites for hydroxylation is 2. The van der Waals surface area contributed by atoms with Crippen LogP contribution in [0.25, 0.3) is 6.08 Å². The second-order valence-electron chi connectivity index (χ2n) is 5.23. The van der Waals surface area contributed by atoms with Crippen LogP contribution in [0.3, 0.4) is 0 Å². The lowest BCUT2D eigenvalue weighted by molar-refractivity contribution is -0.127. The molecular weight excluding hydrogens is 308 g/mol. The van der Waals surface area contributed by atoms with Gasteiger partial charge < -0.3 is 4.74 Å². The Kier molecular flexibility index (Phi) is 5.73. The molecule has 1 heterocycles. The number of carbonyl (C=O) groups is 2. The molecule has 0 atom stereocenters. The molecule has 2 amide bonds. The molecule has 0 fully saturated rings. The SMILES string of the molecule is COc1cccc(/C=C/C(=O)NNC(=O)Cn2nc(C)cc2C)c1. The summed E-state index contributed by atoms with van der Waals surface area (Å²) in [5.41, 5.74) is 7.22. The van der Waals surface area contributed by atoms with Gasteiger partial charge in [0.2, 0.25) is 0 Å². The predicted octanol–water partition coefficient (Wildman–Crippen LogP) is 1.37. The van der Waals surface area contributed by atoms with Crippen LogP contribution in [0.4, 0.5) is 0 Å². The number of benzene rings is 1. The highest BCUT2D eigenvalue weighted by Gasteiger charge is 2.07. The van der Waals surface area contributed by atoms with E-state index in [1.807, 2.05) is 38.1 Å². The Hall–Kier alpha value is -3.09. The molecule has 126 valence electrons. The third-order valence-electron chi connectivity index (χ3n) is 3.24. The molecule has 0 saturated heterocycles. The smallest absolute Gasteiger partial charge is 0.262 e. The number of nitrogens with zero attached hydrogens (tertiary/aromatic N) is 2. The van der Waals surface area contributed by atoms with E-state index in [0.29, 0.717) is 5.75 Å². The highest BCUT2D eigenvalue weighted by atomic mass is 16.5. The molecule has 2 aromatic rings. The van der Waals surface area contributed by atoms with Crippen LogP contribution < -0.4 is 15.6 Å². The second-order valence-corrected chi connectivity index (χ2v) is 5.23. The quantitative estimate of drug-likeness (QED) is 0.641. The molecule has 0 radical (unpaired) electrons. The lowest BCUT2D eigenvalue weighted by atomic mass is 10.2. The van der Waals surface area contributed by atoms with Crippen molar-refractivity contribution in [3.05, 3.63) is 53.4 Å². The molecule has 2 N–H and O–H groups in total. The minimum absolute atomic E-state index is 0.0412. The Morgan fingerprint density at radius 3 is 2.71 bits per heavy atom. The highest BCUT2D eigenvalue weighted by Crippen LogP contribution is 2.13. The number of amides is 2. The van der Waals surface area contributed by atoms with E-state index >= 15 is 0 Å².